The molecule has 0 saturated carbocycles. The number of thiazole rings is 1. The van der Waals surface area contributed by atoms with E-state index in [1.807, 2.05) is 28.5 Å². The molecule has 9 heteroatoms. The van der Waals surface area contributed by atoms with Crippen LogP contribution in [0.4, 0.5) is 10.8 Å². The molecule has 0 aliphatic carbocycles. The molecule has 1 N–H and O–H groups in total. The fraction of sp³-hybridized carbons (Fsp3) is 0.182. The van der Waals surface area contributed by atoms with Gasteiger partial charge in [-0.3, -0.25) is 9.59 Å². The molecule has 0 atom stereocenters. The lowest BCUT2D eigenvalue weighted by atomic mass is 10.1. The van der Waals surface area contributed by atoms with Gasteiger partial charge in [0.05, 0.1) is 4.88 Å². The molecular formula is C22H19N5O2S2. The number of thiophene rings is 1. The smallest absolute Gasteiger partial charge is 0.265 e. The zero-order valence-electron chi connectivity index (χ0n) is 16.5. The van der Waals surface area contributed by atoms with Crippen LogP contribution in [0.15, 0.2) is 60.1 Å². The van der Waals surface area contributed by atoms with Gasteiger partial charge >= 0.3 is 0 Å². The Labute approximate surface area is 187 Å². The van der Waals surface area contributed by atoms with Crippen molar-refractivity contribution in [2.24, 2.45) is 0 Å². The maximum atomic E-state index is 13.0. The number of pyridine rings is 1. The first-order chi connectivity index (χ1) is 15.2. The highest BCUT2D eigenvalue weighted by atomic mass is 32.1. The van der Waals surface area contributed by atoms with E-state index in [0.717, 1.165) is 28.6 Å². The number of hydrogen-bond acceptors (Lipinski definition) is 7. The van der Waals surface area contributed by atoms with Crippen LogP contribution in [-0.2, 0) is 0 Å². The van der Waals surface area contributed by atoms with Crippen molar-refractivity contribution in [2.75, 3.05) is 36.4 Å². The molecule has 7 nitrogen and oxygen atoms in total. The van der Waals surface area contributed by atoms with Gasteiger partial charge in [-0.25, -0.2) is 9.97 Å². The largest absolute Gasteiger partial charge is 0.344 e. The van der Waals surface area contributed by atoms with Gasteiger partial charge in [-0.05, 0) is 41.8 Å². The third kappa shape index (κ3) is 4.14. The van der Waals surface area contributed by atoms with Crippen LogP contribution >= 0.6 is 22.7 Å². The lowest BCUT2D eigenvalue weighted by molar-refractivity contribution is 0.0746. The first-order valence-electron chi connectivity index (χ1n) is 9.88. The fourth-order valence-electron chi connectivity index (χ4n) is 3.51. The summed E-state index contributed by atoms with van der Waals surface area (Å²) < 4.78 is 0. The molecule has 1 aliphatic rings. The Bertz CT molecular complexity index is 1200. The Morgan fingerprint density at radius 3 is 2.65 bits per heavy atom. The van der Waals surface area contributed by atoms with Crippen molar-refractivity contribution in [1.82, 2.24) is 14.9 Å². The summed E-state index contributed by atoms with van der Waals surface area (Å²) in [6, 6.07) is 14.6. The van der Waals surface area contributed by atoms with Crippen molar-refractivity contribution in [3.05, 3.63) is 70.5 Å². The second-order valence-electron chi connectivity index (χ2n) is 7.12. The highest BCUT2D eigenvalue weighted by molar-refractivity contribution is 7.21. The van der Waals surface area contributed by atoms with E-state index >= 15 is 0 Å². The standard InChI is InChI=1S/C22H19N5O2S2/c28-19(18-7-3-13-30-18)24-16-5-1-4-15(14-16)21(29)26-9-11-27(12-10-26)22-25-17-6-2-8-23-20(17)31-22/h1-8,13-14H,9-12H2,(H,24,28). The number of fused-ring (bicyclic) bond motifs is 1. The van der Waals surface area contributed by atoms with Gasteiger partial charge in [0.25, 0.3) is 11.8 Å². The zero-order valence-corrected chi connectivity index (χ0v) is 18.2. The first kappa shape index (κ1) is 19.7. The molecule has 3 aromatic heterocycles. The Balaban J connectivity index is 1.23. The molecule has 1 aliphatic heterocycles. The second-order valence-corrected chi connectivity index (χ2v) is 9.02. The van der Waals surface area contributed by atoms with Crippen LogP contribution in [0, 0.1) is 0 Å². The summed E-state index contributed by atoms with van der Waals surface area (Å²) in [6.07, 6.45) is 1.78. The minimum Gasteiger partial charge on any atom is -0.344 e. The van der Waals surface area contributed by atoms with Crippen LogP contribution in [0.3, 0.4) is 0 Å². The monoisotopic (exact) mass is 449 g/mol. The summed E-state index contributed by atoms with van der Waals surface area (Å²) in [6.45, 7) is 2.68. The van der Waals surface area contributed by atoms with E-state index in [1.54, 1.807) is 47.9 Å². The van der Waals surface area contributed by atoms with Crippen molar-refractivity contribution in [3.63, 3.8) is 0 Å². The summed E-state index contributed by atoms with van der Waals surface area (Å²) in [5.41, 5.74) is 2.09. The highest BCUT2D eigenvalue weighted by Gasteiger charge is 2.24. The molecule has 0 unspecified atom stereocenters. The third-order valence-corrected chi connectivity index (χ3v) is 7.01. The average molecular weight is 450 g/mol. The van der Waals surface area contributed by atoms with Crippen molar-refractivity contribution < 1.29 is 9.59 Å². The van der Waals surface area contributed by atoms with E-state index < -0.39 is 0 Å². The van der Waals surface area contributed by atoms with Gasteiger partial charge in [-0.15, -0.1) is 11.3 Å². The van der Waals surface area contributed by atoms with E-state index in [2.05, 4.69) is 20.2 Å². The van der Waals surface area contributed by atoms with Crippen molar-refractivity contribution in [3.8, 4) is 0 Å². The molecule has 0 spiro atoms. The van der Waals surface area contributed by atoms with E-state index in [0.29, 0.717) is 29.2 Å². The van der Waals surface area contributed by atoms with Crippen LogP contribution in [0.2, 0.25) is 0 Å². The maximum absolute atomic E-state index is 13.0. The minimum absolute atomic E-state index is 0.0298. The Morgan fingerprint density at radius 2 is 1.87 bits per heavy atom. The average Bonchev–Trinajstić information content (AvgIpc) is 3.49. The number of carbonyl (C=O) groups excluding carboxylic acids is 2. The molecule has 1 saturated heterocycles. The van der Waals surface area contributed by atoms with Crippen molar-refractivity contribution >= 4 is 55.7 Å². The Hall–Kier alpha value is -3.30. The molecular weight excluding hydrogens is 430 g/mol. The number of hydrogen-bond donors (Lipinski definition) is 1. The van der Waals surface area contributed by atoms with E-state index in [-0.39, 0.29) is 11.8 Å². The molecule has 2 amide bonds. The minimum atomic E-state index is -0.168. The fourth-order valence-corrected chi connectivity index (χ4v) is 5.09. The summed E-state index contributed by atoms with van der Waals surface area (Å²) in [5.74, 6) is -0.198. The summed E-state index contributed by atoms with van der Waals surface area (Å²) in [4.78, 5) is 39.9. The molecule has 5 rings (SSSR count). The van der Waals surface area contributed by atoms with E-state index in [4.69, 9.17) is 0 Å². The summed E-state index contributed by atoms with van der Waals surface area (Å²) in [5, 5.41) is 5.67. The van der Waals surface area contributed by atoms with Gasteiger partial charge in [0.1, 0.15) is 10.3 Å². The number of aromatic nitrogens is 2. The SMILES string of the molecule is O=C(Nc1cccc(C(=O)N2CCN(c3nc4cccnc4s3)CC2)c1)c1cccs1. The molecule has 4 aromatic rings. The Kier molecular flexibility index (Phi) is 5.35. The summed E-state index contributed by atoms with van der Waals surface area (Å²) in [7, 11) is 0. The van der Waals surface area contributed by atoms with Crippen LogP contribution in [-0.4, -0.2) is 52.9 Å². The van der Waals surface area contributed by atoms with Crippen molar-refractivity contribution in [1.29, 1.82) is 0 Å². The molecule has 1 aromatic carbocycles. The van der Waals surface area contributed by atoms with Crippen molar-refractivity contribution in [2.45, 2.75) is 0 Å². The number of anilines is 2. The number of carbonyl (C=O) groups is 2. The van der Waals surface area contributed by atoms with Gasteiger partial charge in [0.15, 0.2) is 5.13 Å². The molecule has 4 heterocycles. The normalized spacial score (nSPS) is 14.1. The number of nitrogens with zero attached hydrogens (tertiary/aromatic N) is 4. The predicted octanol–water partition coefficient (Wildman–Crippen LogP) is 3.97. The van der Waals surface area contributed by atoms with E-state index in [9.17, 15) is 9.59 Å². The molecule has 0 bridgehead atoms. The van der Waals surface area contributed by atoms with Gasteiger partial charge in [-0.1, -0.05) is 23.5 Å². The number of nitrogens with one attached hydrogen (secondary N) is 1. The number of rotatable bonds is 4. The van der Waals surface area contributed by atoms with Gasteiger partial charge in [0, 0.05) is 43.6 Å². The molecule has 1 fully saturated rings. The number of benzene rings is 1. The lowest BCUT2D eigenvalue weighted by Crippen LogP contribution is -2.48. The lowest BCUT2D eigenvalue weighted by Gasteiger charge is -2.34. The van der Waals surface area contributed by atoms with Crippen LogP contribution in [0.25, 0.3) is 10.3 Å². The molecule has 31 heavy (non-hydrogen) atoms. The number of amides is 2. The zero-order chi connectivity index (χ0) is 21.2. The molecule has 156 valence electrons. The quantitative estimate of drug-likeness (QED) is 0.510. The van der Waals surface area contributed by atoms with Gasteiger partial charge in [0.2, 0.25) is 0 Å². The predicted molar refractivity (Wildman–Crippen MR) is 124 cm³/mol. The van der Waals surface area contributed by atoms with Gasteiger partial charge < -0.3 is 15.1 Å². The van der Waals surface area contributed by atoms with Gasteiger partial charge in [-0.2, -0.15) is 0 Å². The molecule has 0 radical (unpaired) electrons. The highest BCUT2D eigenvalue weighted by Crippen LogP contribution is 2.28. The Morgan fingerprint density at radius 1 is 1.00 bits per heavy atom. The second kappa shape index (κ2) is 8.44. The van der Waals surface area contributed by atoms with Crippen LogP contribution < -0.4 is 10.2 Å². The van der Waals surface area contributed by atoms with E-state index in [1.165, 1.54) is 11.3 Å². The topological polar surface area (TPSA) is 78.4 Å². The van der Waals surface area contributed by atoms with Crippen LogP contribution in [0.1, 0.15) is 20.0 Å². The number of piperazine rings is 1. The maximum Gasteiger partial charge on any atom is 0.265 e. The first-order valence-corrected chi connectivity index (χ1v) is 11.6. The summed E-state index contributed by atoms with van der Waals surface area (Å²) >= 11 is 2.96. The third-order valence-electron chi connectivity index (χ3n) is 5.10. The van der Waals surface area contributed by atoms with Crippen LogP contribution in [0.5, 0.6) is 0 Å².